The Labute approximate surface area is 171 Å². The Bertz CT molecular complexity index is 1120. The summed E-state index contributed by atoms with van der Waals surface area (Å²) in [6, 6.07) is 19.4. The van der Waals surface area contributed by atoms with Crippen LogP contribution in [0, 0.1) is 17.6 Å². The first-order valence-corrected chi connectivity index (χ1v) is 9.44. The van der Waals surface area contributed by atoms with Crippen LogP contribution in [0.25, 0.3) is 0 Å². The van der Waals surface area contributed by atoms with Crippen molar-refractivity contribution in [3.63, 3.8) is 0 Å². The lowest BCUT2D eigenvalue weighted by molar-refractivity contribution is -0.126. The molecule has 3 aromatic carbocycles. The first kappa shape index (κ1) is 18.4. The van der Waals surface area contributed by atoms with Crippen molar-refractivity contribution in [2.24, 2.45) is 5.92 Å². The third kappa shape index (κ3) is 2.86. The van der Waals surface area contributed by atoms with E-state index in [1.807, 2.05) is 18.2 Å². The van der Waals surface area contributed by atoms with Gasteiger partial charge in [-0.2, -0.15) is 0 Å². The first-order chi connectivity index (χ1) is 14.5. The topological polar surface area (TPSA) is 49.9 Å². The Hall–Kier alpha value is -3.58. The maximum atomic E-state index is 14.0. The number of hydrogen-bond donors (Lipinski definition) is 0. The van der Waals surface area contributed by atoms with Gasteiger partial charge in [0.1, 0.15) is 17.6 Å². The summed E-state index contributed by atoms with van der Waals surface area (Å²) in [6.45, 7) is 0. The number of para-hydroxylation sites is 1. The molecule has 0 aliphatic carbocycles. The fourth-order valence-corrected chi connectivity index (χ4v) is 4.09. The molecule has 3 aromatic rings. The summed E-state index contributed by atoms with van der Waals surface area (Å²) < 4.78 is 27.3. The Kier molecular flexibility index (Phi) is 4.33. The van der Waals surface area contributed by atoms with Crippen LogP contribution in [-0.4, -0.2) is 17.9 Å². The summed E-state index contributed by atoms with van der Waals surface area (Å²) in [6.07, 6.45) is -1.06. The van der Waals surface area contributed by atoms with E-state index >= 15 is 0 Å². The van der Waals surface area contributed by atoms with Crippen molar-refractivity contribution < 1.29 is 23.2 Å². The van der Waals surface area contributed by atoms with E-state index < -0.39 is 41.5 Å². The minimum Gasteiger partial charge on any atom is -0.273 e. The van der Waals surface area contributed by atoms with Crippen molar-refractivity contribution >= 4 is 23.2 Å². The fourth-order valence-electron chi connectivity index (χ4n) is 4.09. The number of halogens is 2. The second-order valence-electron chi connectivity index (χ2n) is 7.20. The van der Waals surface area contributed by atoms with Crippen LogP contribution in [-0.2, 0) is 14.4 Å². The van der Waals surface area contributed by atoms with Gasteiger partial charge in [-0.05, 0) is 54.1 Å². The molecule has 0 unspecified atom stereocenters. The molecule has 0 saturated carbocycles. The highest BCUT2D eigenvalue weighted by Crippen LogP contribution is 2.47. The summed E-state index contributed by atoms with van der Waals surface area (Å²) in [4.78, 5) is 33.4. The van der Waals surface area contributed by atoms with Gasteiger partial charge in [-0.1, -0.05) is 30.3 Å². The Morgan fingerprint density at radius 3 is 2.17 bits per heavy atom. The van der Waals surface area contributed by atoms with Crippen molar-refractivity contribution in [3.05, 3.63) is 96.1 Å². The van der Waals surface area contributed by atoms with E-state index in [0.29, 0.717) is 11.3 Å². The zero-order valence-corrected chi connectivity index (χ0v) is 15.6. The van der Waals surface area contributed by atoms with Gasteiger partial charge in [-0.25, -0.2) is 18.7 Å². The van der Waals surface area contributed by atoms with Crippen molar-refractivity contribution in [1.82, 2.24) is 0 Å². The molecule has 2 aliphatic heterocycles. The molecule has 2 fully saturated rings. The molecule has 2 aliphatic rings. The molecule has 0 radical (unpaired) electrons. The normalized spacial score (nSPS) is 23.2. The van der Waals surface area contributed by atoms with Crippen molar-refractivity contribution in [3.8, 4) is 0 Å². The molecule has 5 nitrogen and oxygen atoms in total. The number of nitrogens with zero attached hydrogens (tertiary/aromatic N) is 2. The van der Waals surface area contributed by atoms with Gasteiger partial charge >= 0.3 is 0 Å². The third-order valence-corrected chi connectivity index (χ3v) is 5.40. The SMILES string of the molecule is O=C1[C@H]2[C@@H](ON(c3ccccc3)[C@H]2c2cccc(F)c2)C(=O)N1c1ccc(F)cc1. The number of fused-ring (bicyclic) bond motifs is 1. The molecule has 30 heavy (non-hydrogen) atoms. The molecule has 0 spiro atoms. The van der Waals surface area contributed by atoms with Gasteiger partial charge < -0.3 is 0 Å². The number of carbonyl (C=O) groups excluding carboxylic acids is 2. The minimum absolute atomic E-state index is 0.272. The van der Waals surface area contributed by atoms with E-state index in [0.717, 1.165) is 4.90 Å². The van der Waals surface area contributed by atoms with Crippen LogP contribution in [0.4, 0.5) is 20.2 Å². The maximum absolute atomic E-state index is 14.0. The molecule has 0 N–H and O–H groups in total. The van der Waals surface area contributed by atoms with Crippen LogP contribution < -0.4 is 9.96 Å². The lowest BCUT2D eigenvalue weighted by Crippen LogP contribution is -2.37. The summed E-state index contributed by atoms with van der Waals surface area (Å²) in [5.74, 6) is -2.79. The van der Waals surface area contributed by atoms with E-state index in [-0.39, 0.29) is 5.69 Å². The number of amides is 2. The molecule has 2 heterocycles. The number of rotatable bonds is 3. The van der Waals surface area contributed by atoms with E-state index in [1.54, 1.807) is 24.3 Å². The number of benzene rings is 3. The first-order valence-electron chi connectivity index (χ1n) is 9.44. The molecule has 2 saturated heterocycles. The predicted molar refractivity (Wildman–Crippen MR) is 105 cm³/mol. The summed E-state index contributed by atoms with van der Waals surface area (Å²) in [5.41, 5.74) is 1.44. The largest absolute Gasteiger partial charge is 0.273 e. The third-order valence-electron chi connectivity index (χ3n) is 5.40. The van der Waals surface area contributed by atoms with Crippen molar-refractivity contribution in [2.75, 3.05) is 9.96 Å². The second kappa shape index (κ2) is 7.03. The monoisotopic (exact) mass is 406 g/mol. The lowest BCUT2D eigenvalue weighted by Gasteiger charge is -2.28. The van der Waals surface area contributed by atoms with E-state index in [9.17, 15) is 18.4 Å². The van der Waals surface area contributed by atoms with E-state index in [1.165, 1.54) is 41.5 Å². The molecular weight excluding hydrogens is 390 g/mol. The number of anilines is 2. The molecule has 0 aromatic heterocycles. The smallest absolute Gasteiger partial charge is 0.266 e. The van der Waals surface area contributed by atoms with Crippen LogP contribution in [0.5, 0.6) is 0 Å². The Morgan fingerprint density at radius 1 is 0.733 bits per heavy atom. The van der Waals surface area contributed by atoms with E-state index in [2.05, 4.69) is 0 Å². The van der Waals surface area contributed by atoms with Gasteiger partial charge in [0.05, 0.1) is 17.4 Å². The highest BCUT2D eigenvalue weighted by molar-refractivity contribution is 6.23. The van der Waals surface area contributed by atoms with Crippen LogP contribution in [0.2, 0.25) is 0 Å². The zero-order valence-electron chi connectivity index (χ0n) is 15.6. The van der Waals surface area contributed by atoms with Gasteiger partial charge in [0.25, 0.3) is 5.91 Å². The number of hydrogen-bond acceptors (Lipinski definition) is 4. The summed E-state index contributed by atoms with van der Waals surface area (Å²) in [5, 5.41) is 1.50. The Balaban J connectivity index is 1.59. The van der Waals surface area contributed by atoms with Crippen molar-refractivity contribution in [2.45, 2.75) is 12.1 Å². The predicted octanol–water partition coefficient (Wildman–Crippen LogP) is 4.02. The number of carbonyl (C=O) groups is 2. The number of imide groups is 1. The average molecular weight is 406 g/mol. The van der Waals surface area contributed by atoms with Gasteiger partial charge in [0.2, 0.25) is 5.91 Å². The lowest BCUT2D eigenvalue weighted by atomic mass is 9.90. The molecule has 2 amide bonds. The number of hydroxylamine groups is 1. The van der Waals surface area contributed by atoms with Crippen LogP contribution in [0.3, 0.4) is 0 Å². The average Bonchev–Trinajstić information content (AvgIpc) is 3.26. The fraction of sp³-hybridized carbons (Fsp3) is 0.130. The summed E-state index contributed by atoms with van der Waals surface area (Å²) >= 11 is 0. The molecule has 7 heteroatoms. The molecule has 5 rings (SSSR count). The summed E-state index contributed by atoms with van der Waals surface area (Å²) in [7, 11) is 0. The van der Waals surface area contributed by atoms with Gasteiger partial charge in [-0.3, -0.25) is 14.4 Å². The standard InChI is InChI=1S/C23H16F2N2O3/c24-15-9-11-17(12-10-15)26-22(28)19-20(14-5-4-6-16(25)13-14)27(30-21(19)23(26)29)18-7-2-1-3-8-18/h1-13,19-21H/t19-,20+,21-/m1/s1. The van der Waals surface area contributed by atoms with E-state index in [4.69, 9.17) is 4.84 Å². The zero-order chi connectivity index (χ0) is 20.8. The highest BCUT2D eigenvalue weighted by Gasteiger charge is 2.60. The molecule has 0 bridgehead atoms. The molecule has 150 valence electrons. The highest BCUT2D eigenvalue weighted by atomic mass is 19.1. The van der Waals surface area contributed by atoms with Gasteiger partial charge in [0.15, 0.2) is 6.10 Å². The molecular formula is C23H16F2N2O3. The minimum atomic E-state index is -1.06. The van der Waals surface area contributed by atoms with Crippen LogP contribution in [0.15, 0.2) is 78.9 Å². The van der Waals surface area contributed by atoms with Gasteiger partial charge in [0, 0.05) is 0 Å². The molecule has 3 atom stereocenters. The Morgan fingerprint density at radius 2 is 1.47 bits per heavy atom. The van der Waals surface area contributed by atoms with Gasteiger partial charge in [-0.15, -0.1) is 0 Å². The second-order valence-corrected chi connectivity index (χ2v) is 7.20. The van der Waals surface area contributed by atoms with Crippen LogP contribution >= 0.6 is 0 Å². The van der Waals surface area contributed by atoms with Crippen LogP contribution in [0.1, 0.15) is 11.6 Å². The quantitative estimate of drug-likeness (QED) is 0.617. The van der Waals surface area contributed by atoms with Crippen molar-refractivity contribution in [1.29, 1.82) is 0 Å². The maximum Gasteiger partial charge on any atom is 0.266 e.